The predicted octanol–water partition coefficient (Wildman–Crippen LogP) is 3.11. The molecule has 0 aliphatic carbocycles. The number of rotatable bonds is 6. The van der Waals surface area contributed by atoms with Crippen LogP contribution in [0.4, 0.5) is 0 Å². The van der Waals surface area contributed by atoms with Gasteiger partial charge in [-0.05, 0) is 24.3 Å². The SMILES string of the molecule is N#C/C(=C/c1cn(CCOc2ccccc2)c2ccccc12)C(N)=O. The van der Waals surface area contributed by atoms with E-state index in [1.807, 2.05) is 71.4 Å². The van der Waals surface area contributed by atoms with Crippen LogP contribution in [0.2, 0.25) is 0 Å². The lowest BCUT2D eigenvalue weighted by Gasteiger charge is -2.08. The van der Waals surface area contributed by atoms with Gasteiger partial charge in [0.1, 0.15) is 24.0 Å². The number of para-hydroxylation sites is 2. The van der Waals surface area contributed by atoms with E-state index >= 15 is 0 Å². The van der Waals surface area contributed by atoms with Gasteiger partial charge in [0.15, 0.2) is 0 Å². The molecule has 1 heterocycles. The average molecular weight is 331 g/mol. The lowest BCUT2D eigenvalue weighted by molar-refractivity contribution is -0.114. The van der Waals surface area contributed by atoms with Crippen LogP contribution < -0.4 is 10.5 Å². The molecule has 25 heavy (non-hydrogen) atoms. The second-order valence-corrected chi connectivity index (χ2v) is 5.49. The molecule has 0 saturated heterocycles. The summed E-state index contributed by atoms with van der Waals surface area (Å²) in [5.74, 6) is 0.0892. The van der Waals surface area contributed by atoms with Gasteiger partial charge in [0.25, 0.3) is 5.91 Å². The fourth-order valence-corrected chi connectivity index (χ4v) is 2.67. The second-order valence-electron chi connectivity index (χ2n) is 5.49. The third kappa shape index (κ3) is 3.70. The van der Waals surface area contributed by atoms with E-state index in [4.69, 9.17) is 15.7 Å². The molecule has 1 aromatic heterocycles. The fourth-order valence-electron chi connectivity index (χ4n) is 2.67. The van der Waals surface area contributed by atoms with Crippen LogP contribution in [0.25, 0.3) is 17.0 Å². The summed E-state index contributed by atoms with van der Waals surface area (Å²) in [4.78, 5) is 11.3. The monoisotopic (exact) mass is 331 g/mol. The van der Waals surface area contributed by atoms with Gasteiger partial charge >= 0.3 is 0 Å². The molecule has 5 nitrogen and oxygen atoms in total. The lowest BCUT2D eigenvalue weighted by Crippen LogP contribution is -2.12. The fraction of sp³-hybridized carbons (Fsp3) is 0.100. The number of ether oxygens (including phenoxy) is 1. The summed E-state index contributed by atoms with van der Waals surface area (Å²) in [5.41, 5.74) is 6.96. The van der Waals surface area contributed by atoms with Gasteiger partial charge < -0.3 is 15.0 Å². The Labute approximate surface area is 145 Å². The Morgan fingerprint density at radius 3 is 2.60 bits per heavy atom. The molecule has 0 bridgehead atoms. The van der Waals surface area contributed by atoms with Crippen LogP contribution in [-0.2, 0) is 11.3 Å². The molecule has 3 aromatic rings. The quantitative estimate of drug-likeness (QED) is 0.556. The summed E-state index contributed by atoms with van der Waals surface area (Å²) in [6, 6.07) is 19.3. The number of carbonyl (C=O) groups excluding carboxylic acids is 1. The van der Waals surface area contributed by atoms with E-state index in [0.29, 0.717) is 13.2 Å². The Kier molecular flexibility index (Phi) is 4.82. The smallest absolute Gasteiger partial charge is 0.259 e. The van der Waals surface area contributed by atoms with E-state index < -0.39 is 5.91 Å². The van der Waals surface area contributed by atoms with Crippen LogP contribution in [0.1, 0.15) is 5.56 Å². The van der Waals surface area contributed by atoms with E-state index in [1.54, 1.807) is 0 Å². The van der Waals surface area contributed by atoms with Crippen molar-refractivity contribution >= 4 is 22.9 Å². The largest absolute Gasteiger partial charge is 0.492 e. The van der Waals surface area contributed by atoms with Crippen LogP contribution in [0.15, 0.2) is 66.4 Å². The highest BCUT2D eigenvalue weighted by atomic mass is 16.5. The van der Waals surface area contributed by atoms with Crippen LogP contribution in [-0.4, -0.2) is 17.1 Å². The molecular formula is C20H17N3O2. The van der Waals surface area contributed by atoms with E-state index in [0.717, 1.165) is 22.2 Å². The number of nitrogens with two attached hydrogens (primary N) is 1. The minimum atomic E-state index is -0.730. The number of fused-ring (bicyclic) bond motifs is 1. The van der Waals surface area contributed by atoms with Crippen molar-refractivity contribution < 1.29 is 9.53 Å². The first-order valence-corrected chi connectivity index (χ1v) is 7.86. The molecule has 1 amide bonds. The van der Waals surface area contributed by atoms with E-state index in [2.05, 4.69) is 0 Å². The Morgan fingerprint density at radius 1 is 1.16 bits per heavy atom. The van der Waals surface area contributed by atoms with Crippen LogP contribution in [0, 0.1) is 11.3 Å². The molecule has 2 N–H and O–H groups in total. The summed E-state index contributed by atoms with van der Waals surface area (Å²) in [5, 5.41) is 10.0. The molecule has 0 unspecified atom stereocenters. The number of aromatic nitrogens is 1. The number of benzene rings is 2. The second kappa shape index (κ2) is 7.37. The highest BCUT2D eigenvalue weighted by molar-refractivity contribution is 6.03. The maximum absolute atomic E-state index is 11.3. The maximum atomic E-state index is 11.3. The van der Waals surface area contributed by atoms with Crippen molar-refractivity contribution in [3.05, 3.63) is 71.9 Å². The number of nitriles is 1. The maximum Gasteiger partial charge on any atom is 0.259 e. The Balaban J connectivity index is 1.86. The molecule has 0 fully saturated rings. The summed E-state index contributed by atoms with van der Waals surface area (Å²) < 4.78 is 7.79. The molecule has 0 spiro atoms. The van der Waals surface area contributed by atoms with Gasteiger partial charge in [0.2, 0.25) is 0 Å². The van der Waals surface area contributed by atoms with Crippen molar-refractivity contribution in [2.45, 2.75) is 6.54 Å². The third-order valence-corrected chi connectivity index (χ3v) is 3.85. The number of primary amides is 1. The highest BCUT2D eigenvalue weighted by Gasteiger charge is 2.10. The van der Waals surface area contributed by atoms with Gasteiger partial charge in [-0.2, -0.15) is 5.26 Å². The minimum Gasteiger partial charge on any atom is -0.492 e. The molecule has 5 heteroatoms. The zero-order valence-corrected chi connectivity index (χ0v) is 13.6. The van der Waals surface area contributed by atoms with Gasteiger partial charge in [-0.3, -0.25) is 4.79 Å². The van der Waals surface area contributed by atoms with Gasteiger partial charge in [-0.25, -0.2) is 0 Å². The summed E-state index contributed by atoms with van der Waals surface area (Å²) in [6.07, 6.45) is 3.43. The van der Waals surface area contributed by atoms with Crippen molar-refractivity contribution in [3.8, 4) is 11.8 Å². The number of carbonyl (C=O) groups is 1. The molecule has 2 aromatic carbocycles. The standard InChI is InChI=1S/C20H17N3O2/c21-13-15(20(22)24)12-16-14-23(19-9-5-4-8-18(16)19)10-11-25-17-6-2-1-3-7-17/h1-9,12,14H,10-11H2,(H2,22,24)/b15-12-. The lowest BCUT2D eigenvalue weighted by atomic mass is 10.1. The van der Waals surface area contributed by atoms with Gasteiger partial charge in [0.05, 0.1) is 6.54 Å². The first-order chi connectivity index (χ1) is 12.2. The molecule has 3 rings (SSSR count). The first-order valence-electron chi connectivity index (χ1n) is 7.86. The van der Waals surface area contributed by atoms with Gasteiger partial charge in [-0.1, -0.05) is 36.4 Å². The highest BCUT2D eigenvalue weighted by Crippen LogP contribution is 2.23. The molecule has 0 aliphatic rings. The average Bonchev–Trinajstić information content (AvgIpc) is 2.98. The minimum absolute atomic E-state index is 0.0663. The first kappa shape index (κ1) is 16.3. The number of nitrogens with zero attached hydrogens (tertiary/aromatic N) is 2. The van der Waals surface area contributed by atoms with E-state index in [-0.39, 0.29) is 5.57 Å². The van der Waals surface area contributed by atoms with Crippen LogP contribution >= 0.6 is 0 Å². The topological polar surface area (TPSA) is 81.0 Å². The molecule has 0 atom stereocenters. The van der Waals surface area contributed by atoms with Crippen molar-refractivity contribution in [2.75, 3.05) is 6.61 Å². The molecular weight excluding hydrogens is 314 g/mol. The third-order valence-electron chi connectivity index (χ3n) is 3.85. The molecule has 0 saturated carbocycles. The zero-order chi connectivity index (χ0) is 17.6. The summed E-state index contributed by atoms with van der Waals surface area (Å²) in [6.45, 7) is 1.15. The number of amides is 1. The van der Waals surface area contributed by atoms with Crippen LogP contribution in [0.3, 0.4) is 0 Å². The van der Waals surface area contributed by atoms with Gasteiger partial charge in [0, 0.05) is 22.7 Å². The van der Waals surface area contributed by atoms with Gasteiger partial charge in [-0.15, -0.1) is 0 Å². The predicted molar refractivity (Wildman–Crippen MR) is 96.7 cm³/mol. The Morgan fingerprint density at radius 2 is 1.88 bits per heavy atom. The Bertz CT molecular complexity index is 966. The molecule has 0 radical (unpaired) electrons. The van der Waals surface area contributed by atoms with E-state index in [1.165, 1.54) is 6.08 Å². The summed E-state index contributed by atoms with van der Waals surface area (Å²) >= 11 is 0. The normalized spacial score (nSPS) is 11.2. The van der Waals surface area contributed by atoms with Crippen molar-refractivity contribution in [3.63, 3.8) is 0 Å². The summed E-state index contributed by atoms with van der Waals surface area (Å²) in [7, 11) is 0. The molecule has 0 aliphatic heterocycles. The number of hydrogen-bond donors (Lipinski definition) is 1. The van der Waals surface area contributed by atoms with Crippen molar-refractivity contribution in [2.24, 2.45) is 5.73 Å². The van der Waals surface area contributed by atoms with Crippen molar-refractivity contribution in [1.82, 2.24) is 4.57 Å². The number of hydrogen-bond acceptors (Lipinski definition) is 3. The Hall–Kier alpha value is -3.52. The molecule has 124 valence electrons. The van der Waals surface area contributed by atoms with E-state index in [9.17, 15) is 4.79 Å². The van der Waals surface area contributed by atoms with Crippen LogP contribution in [0.5, 0.6) is 5.75 Å². The zero-order valence-electron chi connectivity index (χ0n) is 13.6. The van der Waals surface area contributed by atoms with Crippen molar-refractivity contribution in [1.29, 1.82) is 5.26 Å².